The van der Waals surface area contributed by atoms with E-state index in [0.29, 0.717) is 22.0 Å². The minimum Gasteiger partial charge on any atom is -0.441 e. The Balaban J connectivity index is 1.76. The van der Waals surface area contributed by atoms with Gasteiger partial charge in [-0.1, -0.05) is 49.7 Å². The Hall–Kier alpha value is -3.50. The molecule has 176 valence electrons. The molecular formula is C26H22ClF3N2O2. The maximum absolute atomic E-state index is 13.0. The molecule has 4 nitrogen and oxygen atoms in total. The molecule has 2 unspecified atom stereocenters. The first kappa shape index (κ1) is 25.1. The van der Waals surface area contributed by atoms with Gasteiger partial charge in [-0.3, -0.25) is 4.79 Å². The zero-order valence-electron chi connectivity index (χ0n) is 18.4. The smallest absolute Gasteiger partial charge is 0.416 e. The van der Waals surface area contributed by atoms with E-state index in [0.717, 1.165) is 17.7 Å². The fraction of sp³-hybridized carbons (Fsp3) is 0.231. The second-order valence-electron chi connectivity index (χ2n) is 8.04. The van der Waals surface area contributed by atoms with Crippen LogP contribution in [0.4, 0.5) is 24.5 Å². The lowest BCUT2D eigenvalue weighted by atomic mass is 9.88. The molecular weight excluding hydrogens is 465 g/mol. The van der Waals surface area contributed by atoms with Crippen LogP contribution >= 0.6 is 11.6 Å². The van der Waals surface area contributed by atoms with Gasteiger partial charge in [0.05, 0.1) is 11.5 Å². The normalized spacial score (nSPS) is 13.1. The lowest BCUT2D eigenvalue weighted by molar-refractivity contribution is -0.150. The molecule has 3 aromatic rings. The Morgan fingerprint density at radius 3 is 2.18 bits per heavy atom. The van der Waals surface area contributed by atoms with Gasteiger partial charge in [0.15, 0.2) is 0 Å². The number of carbonyl (C=O) groups excluding carboxylic acids is 1. The Kier molecular flexibility index (Phi) is 7.85. The van der Waals surface area contributed by atoms with Gasteiger partial charge in [-0.25, -0.2) is 0 Å². The lowest BCUT2D eigenvalue weighted by Crippen LogP contribution is -2.22. The molecule has 0 spiro atoms. The summed E-state index contributed by atoms with van der Waals surface area (Å²) in [5.74, 6) is -1.20. The van der Waals surface area contributed by atoms with Crippen molar-refractivity contribution in [3.05, 3.63) is 94.5 Å². The first-order valence-electron chi connectivity index (χ1n) is 10.5. The lowest BCUT2D eigenvalue weighted by Gasteiger charge is -2.22. The Labute approximate surface area is 200 Å². The standard InChI is InChI=1S/C26H22ClF3N2O2/c1-16(2)24(17-6-10-20(27)11-7-17)25(33)34-23(15-31)18-4-3-5-22(14-18)32-21-12-8-19(9-13-21)26(28,29)30/h3-14,16,23-24,32H,1-2H3. The van der Waals surface area contributed by atoms with Gasteiger partial charge in [0.25, 0.3) is 0 Å². The molecule has 3 aromatic carbocycles. The average Bonchev–Trinajstić information content (AvgIpc) is 2.78. The SMILES string of the molecule is CC(C)C(C(=O)OC(C#N)c1cccc(Nc2ccc(C(F)(F)F)cc2)c1)c1ccc(Cl)cc1. The summed E-state index contributed by atoms with van der Waals surface area (Å²) >= 11 is 5.95. The number of halogens is 4. The molecule has 0 aliphatic rings. The number of rotatable bonds is 7. The number of nitrogens with one attached hydrogen (secondary N) is 1. The van der Waals surface area contributed by atoms with Crippen LogP contribution in [0.1, 0.15) is 42.6 Å². The number of anilines is 2. The molecule has 0 aliphatic heterocycles. The molecule has 8 heteroatoms. The Morgan fingerprint density at radius 1 is 0.971 bits per heavy atom. The minimum atomic E-state index is -4.41. The molecule has 0 radical (unpaired) electrons. The number of carbonyl (C=O) groups is 1. The summed E-state index contributed by atoms with van der Waals surface area (Å²) in [7, 11) is 0. The third kappa shape index (κ3) is 6.30. The third-order valence-corrected chi connectivity index (χ3v) is 5.44. The predicted molar refractivity (Wildman–Crippen MR) is 125 cm³/mol. The molecule has 0 aliphatic carbocycles. The quantitative estimate of drug-likeness (QED) is 0.348. The van der Waals surface area contributed by atoms with Gasteiger partial charge in [0, 0.05) is 22.0 Å². The van der Waals surface area contributed by atoms with E-state index >= 15 is 0 Å². The van der Waals surface area contributed by atoms with Crippen molar-refractivity contribution in [2.24, 2.45) is 5.92 Å². The van der Waals surface area contributed by atoms with Crippen molar-refractivity contribution in [3.8, 4) is 6.07 Å². The number of esters is 1. The molecule has 0 heterocycles. The highest BCUT2D eigenvalue weighted by atomic mass is 35.5. The van der Waals surface area contributed by atoms with Crippen molar-refractivity contribution in [1.82, 2.24) is 0 Å². The monoisotopic (exact) mass is 486 g/mol. The van der Waals surface area contributed by atoms with E-state index < -0.39 is 29.7 Å². The number of benzene rings is 3. The minimum absolute atomic E-state index is 0.0827. The number of alkyl halides is 3. The summed E-state index contributed by atoms with van der Waals surface area (Å²) < 4.78 is 43.9. The summed E-state index contributed by atoms with van der Waals surface area (Å²) in [5, 5.41) is 13.2. The molecule has 34 heavy (non-hydrogen) atoms. The maximum Gasteiger partial charge on any atom is 0.416 e. The molecule has 2 atom stereocenters. The zero-order valence-corrected chi connectivity index (χ0v) is 19.2. The fourth-order valence-electron chi connectivity index (χ4n) is 3.51. The van der Waals surface area contributed by atoms with Gasteiger partial charge in [0.1, 0.15) is 6.07 Å². The van der Waals surface area contributed by atoms with Crippen molar-refractivity contribution < 1.29 is 22.7 Å². The molecule has 0 amide bonds. The molecule has 3 rings (SSSR count). The van der Waals surface area contributed by atoms with Crippen molar-refractivity contribution in [3.63, 3.8) is 0 Å². The first-order chi connectivity index (χ1) is 16.1. The zero-order chi connectivity index (χ0) is 24.9. The Bertz CT molecular complexity index is 1170. The number of nitrogens with zero attached hydrogens (tertiary/aromatic N) is 1. The number of nitriles is 1. The summed E-state index contributed by atoms with van der Waals surface area (Å²) in [6, 6.07) is 20.1. The van der Waals surface area contributed by atoms with Crippen LogP contribution in [-0.2, 0) is 15.7 Å². The van der Waals surface area contributed by atoms with Crippen LogP contribution in [-0.4, -0.2) is 5.97 Å². The summed E-state index contributed by atoms with van der Waals surface area (Å²) in [6.07, 6.45) is -5.57. The second-order valence-corrected chi connectivity index (χ2v) is 8.48. The van der Waals surface area contributed by atoms with Crippen molar-refractivity contribution >= 4 is 28.9 Å². The van der Waals surface area contributed by atoms with Crippen molar-refractivity contribution in [2.75, 3.05) is 5.32 Å². The van der Waals surface area contributed by atoms with Crippen LogP contribution in [0.5, 0.6) is 0 Å². The Morgan fingerprint density at radius 2 is 1.62 bits per heavy atom. The van der Waals surface area contributed by atoms with Crippen LogP contribution < -0.4 is 5.32 Å². The van der Waals surface area contributed by atoms with Crippen LogP contribution in [0.2, 0.25) is 5.02 Å². The molecule has 1 N–H and O–H groups in total. The van der Waals surface area contributed by atoms with Crippen molar-refractivity contribution in [2.45, 2.75) is 32.0 Å². The van der Waals surface area contributed by atoms with Gasteiger partial charge in [0.2, 0.25) is 6.10 Å². The second kappa shape index (κ2) is 10.6. The summed E-state index contributed by atoms with van der Waals surface area (Å²) in [6.45, 7) is 3.77. The van der Waals surface area contributed by atoms with E-state index in [1.54, 1.807) is 48.5 Å². The summed E-state index contributed by atoms with van der Waals surface area (Å²) in [5.41, 5.74) is 1.40. The van der Waals surface area contributed by atoms with Gasteiger partial charge in [-0.2, -0.15) is 18.4 Å². The highest BCUT2D eigenvalue weighted by Gasteiger charge is 2.30. The van der Waals surface area contributed by atoms with Gasteiger partial charge in [-0.05, 0) is 60.0 Å². The van der Waals surface area contributed by atoms with E-state index in [4.69, 9.17) is 16.3 Å². The van der Waals surface area contributed by atoms with Crippen LogP contribution in [0, 0.1) is 17.2 Å². The summed E-state index contributed by atoms with van der Waals surface area (Å²) in [4.78, 5) is 13.0. The number of hydrogen-bond acceptors (Lipinski definition) is 4. The third-order valence-electron chi connectivity index (χ3n) is 5.19. The largest absolute Gasteiger partial charge is 0.441 e. The van der Waals surface area contributed by atoms with Gasteiger partial charge < -0.3 is 10.1 Å². The topological polar surface area (TPSA) is 62.1 Å². The van der Waals surface area contributed by atoms with Gasteiger partial charge >= 0.3 is 12.1 Å². The van der Waals surface area contributed by atoms with E-state index in [2.05, 4.69) is 5.32 Å². The highest BCUT2D eigenvalue weighted by molar-refractivity contribution is 6.30. The van der Waals surface area contributed by atoms with Crippen LogP contribution in [0.25, 0.3) is 0 Å². The highest BCUT2D eigenvalue weighted by Crippen LogP contribution is 2.32. The van der Waals surface area contributed by atoms with E-state index in [-0.39, 0.29) is 5.92 Å². The predicted octanol–water partition coefficient (Wildman–Crippen LogP) is 7.65. The van der Waals surface area contributed by atoms with Gasteiger partial charge in [-0.15, -0.1) is 0 Å². The van der Waals surface area contributed by atoms with Crippen LogP contribution in [0.3, 0.4) is 0 Å². The molecule has 0 fully saturated rings. The number of hydrogen-bond donors (Lipinski definition) is 1. The number of ether oxygens (including phenoxy) is 1. The van der Waals surface area contributed by atoms with E-state index in [1.807, 2.05) is 19.9 Å². The molecule has 0 saturated heterocycles. The first-order valence-corrected chi connectivity index (χ1v) is 10.9. The van der Waals surface area contributed by atoms with Crippen LogP contribution in [0.15, 0.2) is 72.8 Å². The van der Waals surface area contributed by atoms with E-state index in [1.165, 1.54) is 12.1 Å². The average molecular weight is 487 g/mol. The molecule has 0 aromatic heterocycles. The molecule has 0 saturated carbocycles. The maximum atomic E-state index is 13.0. The fourth-order valence-corrected chi connectivity index (χ4v) is 3.64. The van der Waals surface area contributed by atoms with Crippen molar-refractivity contribution in [1.29, 1.82) is 5.26 Å². The molecule has 0 bridgehead atoms. The van der Waals surface area contributed by atoms with E-state index in [9.17, 15) is 23.2 Å².